The third-order valence-electron chi connectivity index (χ3n) is 5.49. The Labute approximate surface area is 182 Å². The number of hydrogen-bond acceptors (Lipinski definition) is 7. The Balaban J connectivity index is 1.37. The molecule has 0 spiro atoms. The van der Waals surface area contributed by atoms with Gasteiger partial charge < -0.3 is 15.4 Å². The number of amides is 1. The molecule has 1 aromatic carbocycles. The van der Waals surface area contributed by atoms with E-state index in [9.17, 15) is 9.59 Å². The lowest BCUT2D eigenvalue weighted by Crippen LogP contribution is -2.38. The lowest BCUT2D eigenvalue weighted by Gasteiger charge is -2.28. The maximum absolute atomic E-state index is 12.9. The maximum atomic E-state index is 12.9. The van der Waals surface area contributed by atoms with Gasteiger partial charge in [0.1, 0.15) is 21.8 Å². The number of benzene rings is 1. The number of carbonyl (C=O) groups excluding carboxylic acids is 2. The first-order valence-electron chi connectivity index (χ1n) is 9.92. The summed E-state index contributed by atoms with van der Waals surface area (Å²) < 4.78 is 5.51. The second-order valence-corrected chi connectivity index (χ2v) is 9.37. The molecule has 6 nitrogen and oxygen atoms in total. The molecular formula is C22H21N3O3S2. The van der Waals surface area contributed by atoms with Crippen molar-refractivity contribution in [2.24, 2.45) is 0 Å². The molecule has 0 saturated carbocycles. The van der Waals surface area contributed by atoms with Gasteiger partial charge in [-0.1, -0.05) is 25.1 Å². The van der Waals surface area contributed by atoms with E-state index in [2.05, 4.69) is 22.5 Å². The Hall–Kier alpha value is -2.68. The first-order valence-corrected chi connectivity index (χ1v) is 11.6. The smallest absolute Gasteiger partial charge is 0.353 e. The van der Waals surface area contributed by atoms with E-state index in [0.29, 0.717) is 10.6 Å². The number of ether oxygens (including phenoxy) is 1. The Bertz CT molecular complexity index is 1110. The second kappa shape index (κ2) is 7.86. The predicted molar refractivity (Wildman–Crippen MR) is 119 cm³/mol. The molecule has 2 aliphatic heterocycles. The number of nitrogens with zero attached hydrogens (tertiary/aromatic N) is 1. The lowest BCUT2D eigenvalue weighted by atomic mass is 10.0. The monoisotopic (exact) mass is 439 g/mol. The Morgan fingerprint density at radius 2 is 2.17 bits per heavy atom. The van der Waals surface area contributed by atoms with Crippen molar-refractivity contribution in [1.29, 1.82) is 0 Å². The molecule has 0 bridgehead atoms. The highest BCUT2D eigenvalue weighted by atomic mass is 32.1. The highest BCUT2D eigenvalue weighted by Gasteiger charge is 2.33. The number of esters is 1. The van der Waals surface area contributed by atoms with Gasteiger partial charge in [-0.15, -0.1) is 22.7 Å². The van der Waals surface area contributed by atoms with E-state index in [1.807, 2.05) is 23.6 Å². The number of rotatable bonds is 4. The minimum atomic E-state index is -0.378. The van der Waals surface area contributed by atoms with Crippen molar-refractivity contribution in [1.82, 2.24) is 10.2 Å². The molecular weight excluding hydrogens is 418 g/mol. The highest BCUT2D eigenvalue weighted by Crippen LogP contribution is 2.40. The van der Waals surface area contributed by atoms with Crippen LogP contribution in [0.1, 0.15) is 49.1 Å². The number of nitrogens with one attached hydrogen (secondary N) is 2. The number of anilines is 1. The highest BCUT2D eigenvalue weighted by molar-refractivity contribution is 7.16. The molecule has 0 radical (unpaired) electrons. The molecule has 5 rings (SSSR count). The van der Waals surface area contributed by atoms with Crippen molar-refractivity contribution in [2.75, 3.05) is 18.4 Å². The Morgan fingerprint density at radius 1 is 1.27 bits per heavy atom. The van der Waals surface area contributed by atoms with Gasteiger partial charge in [-0.25, -0.2) is 4.79 Å². The summed E-state index contributed by atoms with van der Waals surface area (Å²) in [4.78, 5) is 29.4. The average molecular weight is 440 g/mol. The maximum Gasteiger partial charge on any atom is 0.353 e. The minimum absolute atomic E-state index is 0.0443. The zero-order valence-electron chi connectivity index (χ0n) is 16.4. The Kier molecular flexibility index (Phi) is 5.06. The van der Waals surface area contributed by atoms with Gasteiger partial charge in [0.05, 0.1) is 5.56 Å². The molecule has 2 aliphatic rings. The summed E-state index contributed by atoms with van der Waals surface area (Å²) in [6.07, 6.45) is 0.538. The summed E-state index contributed by atoms with van der Waals surface area (Å²) in [6, 6.07) is 10.8. The molecule has 1 amide bonds. The largest absolute Gasteiger partial charge is 0.422 e. The van der Waals surface area contributed by atoms with E-state index in [-0.39, 0.29) is 18.0 Å². The van der Waals surface area contributed by atoms with E-state index in [4.69, 9.17) is 4.74 Å². The van der Waals surface area contributed by atoms with E-state index >= 15 is 0 Å². The number of likely N-dealkylation sites (N-methyl/N-ethyl adjacent to an activating group) is 1. The van der Waals surface area contributed by atoms with Gasteiger partial charge >= 0.3 is 5.97 Å². The first-order chi connectivity index (χ1) is 14.6. The molecule has 30 heavy (non-hydrogen) atoms. The zero-order valence-corrected chi connectivity index (χ0v) is 18.1. The van der Waals surface area contributed by atoms with Gasteiger partial charge in [-0.05, 0) is 47.7 Å². The molecule has 2 N–H and O–H groups in total. The number of hydrogen-bond donors (Lipinski definition) is 2. The fraction of sp³-hybridized carbons (Fsp3) is 0.273. The molecule has 0 saturated heterocycles. The van der Waals surface area contributed by atoms with Gasteiger partial charge in [0, 0.05) is 18.0 Å². The molecule has 2 aromatic heterocycles. The van der Waals surface area contributed by atoms with Crippen molar-refractivity contribution in [3.05, 3.63) is 68.2 Å². The summed E-state index contributed by atoms with van der Waals surface area (Å²) >= 11 is 3.02. The molecule has 8 heteroatoms. The van der Waals surface area contributed by atoms with E-state index in [1.165, 1.54) is 21.8 Å². The SMILES string of the molecule is CCN1CCc2c(sc3c2C(=O)NC(c2cccc(OC(=O)c4cccs4)c2)N3)C1. The fourth-order valence-electron chi connectivity index (χ4n) is 3.91. The van der Waals surface area contributed by atoms with Gasteiger partial charge in [0.25, 0.3) is 5.91 Å². The van der Waals surface area contributed by atoms with E-state index in [0.717, 1.165) is 42.2 Å². The minimum Gasteiger partial charge on any atom is -0.422 e. The molecule has 0 fully saturated rings. The third kappa shape index (κ3) is 3.51. The predicted octanol–water partition coefficient (Wildman–Crippen LogP) is 4.26. The van der Waals surface area contributed by atoms with Crippen molar-refractivity contribution in [3.8, 4) is 5.75 Å². The third-order valence-corrected chi connectivity index (χ3v) is 7.48. The summed E-state index contributed by atoms with van der Waals surface area (Å²) in [5.74, 6) is 0.0328. The van der Waals surface area contributed by atoms with Gasteiger partial charge in [0.15, 0.2) is 0 Å². The quantitative estimate of drug-likeness (QED) is 0.470. The normalized spacial score (nSPS) is 18.2. The van der Waals surface area contributed by atoms with Crippen LogP contribution in [0, 0.1) is 0 Å². The van der Waals surface area contributed by atoms with Crippen LogP contribution in [0.5, 0.6) is 5.75 Å². The summed E-state index contributed by atoms with van der Waals surface area (Å²) in [6.45, 7) is 5.07. The fourth-order valence-corrected chi connectivity index (χ4v) is 5.83. The summed E-state index contributed by atoms with van der Waals surface area (Å²) in [5, 5.41) is 9.30. The van der Waals surface area contributed by atoms with Crippen LogP contribution in [0.2, 0.25) is 0 Å². The molecule has 1 atom stereocenters. The van der Waals surface area contributed by atoms with Crippen LogP contribution in [0.3, 0.4) is 0 Å². The molecule has 0 aliphatic carbocycles. The molecule has 154 valence electrons. The van der Waals surface area contributed by atoms with Crippen molar-refractivity contribution in [3.63, 3.8) is 0 Å². The zero-order chi connectivity index (χ0) is 20.7. The van der Waals surface area contributed by atoms with Crippen LogP contribution in [0.4, 0.5) is 5.00 Å². The standard InChI is InChI=1S/C22H21N3O3S2/c1-2-25-9-8-15-17(12-25)30-21-18(15)20(26)23-19(24-21)13-5-3-6-14(11-13)28-22(27)16-7-4-10-29-16/h3-7,10-11,19,24H,2,8-9,12H2,1H3,(H,23,26). The summed E-state index contributed by atoms with van der Waals surface area (Å²) in [7, 11) is 0. The van der Waals surface area contributed by atoms with Crippen LogP contribution in [-0.4, -0.2) is 29.9 Å². The van der Waals surface area contributed by atoms with Crippen LogP contribution in [0.25, 0.3) is 0 Å². The van der Waals surface area contributed by atoms with Crippen molar-refractivity contribution >= 4 is 39.6 Å². The first kappa shape index (κ1) is 19.3. The second-order valence-electron chi connectivity index (χ2n) is 7.32. The molecule has 4 heterocycles. The molecule has 3 aromatic rings. The Morgan fingerprint density at radius 3 is 2.97 bits per heavy atom. The van der Waals surface area contributed by atoms with E-state index in [1.54, 1.807) is 29.5 Å². The van der Waals surface area contributed by atoms with Crippen LogP contribution in [0.15, 0.2) is 41.8 Å². The topological polar surface area (TPSA) is 70.7 Å². The van der Waals surface area contributed by atoms with Gasteiger partial charge in [0.2, 0.25) is 0 Å². The van der Waals surface area contributed by atoms with Crippen LogP contribution < -0.4 is 15.4 Å². The average Bonchev–Trinajstić information content (AvgIpc) is 3.41. The molecule has 1 unspecified atom stereocenters. The van der Waals surface area contributed by atoms with Gasteiger partial charge in [-0.3, -0.25) is 9.69 Å². The van der Waals surface area contributed by atoms with Crippen LogP contribution >= 0.6 is 22.7 Å². The van der Waals surface area contributed by atoms with Crippen LogP contribution in [-0.2, 0) is 13.0 Å². The van der Waals surface area contributed by atoms with E-state index < -0.39 is 0 Å². The van der Waals surface area contributed by atoms with Crippen molar-refractivity contribution < 1.29 is 14.3 Å². The number of carbonyl (C=O) groups is 2. The number of thiophene rings is 2. The van der Waals surface area contributed by atoms with Crippen molar-refractivity contribution in [2.45, 2.75) is 26.1 Å². The summed E-state index contributed by atoms with van der Waals surface area (Å²) in [5.41, 5.74) is 2.82. The lowest BCUT2D eigenvalue weighted by molar-refractivity contribution is 0.0739. The van der Waals surface area contributed by atoms with Gasteiger partial charge in [-0.2, -0.15) is 0 Å². The number of fused-ring (bicyclic) bond motifs is 3.